The molecule has 0 bridgehead atoms. The van der Waals surface area contributed by atoms with Crippen LogP contribution in [0.5, 0.6) is 5.88 Å². The molecule has 1 amide bonds. The molecule has 3 aromatic rings. The number of hydrogen-bond donors (Lipinski definition) is 2. The summed E-state index contributed by atoms with van der Waals surface area (Å²) < 4.78 is 33.0. The minimum atomic E-state index is -3.42. The number of ether oxygens (including phenoxy) is 1. The first-order valence-corrected chi connectivity index (χ1v) is 15.6. The van der Waals surface area contributed by atoms with Gasteiger partial charge in [0.2, 0.25) is 15.9 Å². The van der Waals surface area contributed by atoms with Crippen LogP contribution in [-0.2, 0) is 10.0 Å². The first-order chi connectivity index (χ1) is 18.9. The van der Waals surface area contributed by atoms with Crippen molar-refractivity contribution in [1.82, 2.24) is 25.3 Å². The number of nitrogens with zero attached hydrogens (tertiary/aromatic N) is 5. The van der Waals surface area contributed by atoms with Crippen LogP contribution < -0.4 is 14.8 Å². The Kier molecular flexibility index (Phi) is 10.9. The Morgan fingerprint density at radius 3 is 2.73 bits per heavy atom. The van der Waals surface area contributed by atoms with Crippen LogP contribution in [0.2, 0.25) is 0 Å². The van der Waals surface area contributed by atoms with Crippen LogP contribution in [-0.4, -0.2) is 58.7 Å². The number of aromatic nitrogens is 4. The molecule has 0 saturated heterocycles. The topological polar surface area (TPSA) is 150 Å². The monoisotopic (exact) mass is 808 g/mol. The Bertz CT molecular complexity index is 1390. The third kappa shape index (κ3) is 8.22. The van der Waals surface area contributed by atoms with Crippen molar-refractivity contribution in [1.29, 1.82) is 0 Å². The molecular weight excluding hydrogens is 776 g/mol. The molecule has 5 rings (SSSR count). The zero-order valence-corrected chi connectivity index (χ0v) is 28.0. The van der Waals surface area contributed by atoms with Crippen LogP contribution in [0, 0.1) is 31.1 Å². The van der Waals surface area contributed by atoms with Gasteiger partial charge in [0.05, 0.1) is 46.6 Å². The Morgan fingerprint density at radius 2 is 1.98 bits per heavy atom. The van der Waals surface area contributed by atoms with Crippen molar-refractivity contribution >= 4 is 33.0 Å². The van der Waals surface area contributed by atoms with E-state index < -0.39 is 16.1 Å². The number of hydrogen-bond acceptors (Lipinski definition) is 9. The second kappa shape index (κ2) is 14.2. The van der Waals surface area contributed by atoms with E-state index in [0.717, 1.165) is 12.8 Å². The zero-order valence-electron chi connectivity index (χ0n) is 22.2. The molecule has 0 aliphatic heterocycles. The average Bonchev–Trinajstić information content (AvgIpc) is 3.46. The third-order valence-corrected chi connectivity index (χ3v) is 9.54. The first-order valence-electron chi connectivity index (χ1n) is 13.3. The van der Waals surface area contributed by atoms with Gasteiger partial charge in [-0.2, -0.15) is 0 Å². The smallest absolute Gasteiger partial charge is 0.280 e. The van der Waals surface area contributed by atoms with E-state index in [1.54, 1.807) is 30.7 Å². The van der Waals surface area contributed by atoms with Gasteiger partial charge in [-0.05, 0) is 38.3 Å². The van der Waals surface area contributed by atoms with E-state index in [9.17, 15) is 13.2 Å². The summed E-state index contributed by atoms with van der Waals surface area (Å²) >= 11 is 1.21. The van der Waals surface area contributed by atoms with E-state index in [4.69, 9.17) is 10.1 Å². The predicted octanol–water partition coefficient (Wildman–Crippen LogP) is 4.48. The van der Waals surface area contributed by atoms with Crippen molar-refractivity contribution in [2.24, 2.45) is 0 Å². The molecule has 11 nitrogen and oxygen atoms in total. The molecule has 0 aromatic carbocycles. The fraction of sp³-hybridized carbons (Fsp3) is 0.500. The SMILES string of the molecule is CCOc1cncc(-c2cnc(C(=O)NC(CC[N-]C3CCCC3)c3cc(NS(=O)(=O)C4CC4)ccn3)s2)n1.[U]. The zero-order chi connectivity index (χ0) is 27.2. The van der Waals surface area contributed by atoms with Gasteiger partial charge in [-0.1, -0.05) is 25.7 Å². The van der Waals surface area contributed by atoms with Gasteiger partial charge in [-0.3, -0.25) is 19.5 Å². The fourth-order valence-electron chi connectivity index (χ4n) is 4.50. The van der Waals surface area contributed by atoms with Crippen molar-refractivity contribution in [3.8, 4) is 16.5 Å². The number of sulfonamides is 1. The van der Waals surface area contributed by atoms with E-state index >= 15 is 0 Å². The number of pyridine rings is 1. The predicted molar refractivity (Wildman–Crippen MR) is 149 cm³/mol. The number of anilines is 1. The van der Waals surface area contributed by atoms with Crippen molar-refractivity contribution in [3.63, 3.8) is 0 Å². The summed E-state index contributed by atoms with van der Waals surface area (Å²) in [4.78, 5) is 31.3. The molecule has 2 fully saturated rings. The van der Waals surface area contributed by atoms with Crippen LogP contribution in [0.25, 0.3) is 15.9 Å². The first kappa shape index (κ1) is 30.8. The molecule has 212 valence electrons. The van der Waals surface area contributed by atoms with Crippen LogP contribution in [0.4, 0.5) is 5.69 Å². The van der Waals surface area contributed by atoms with Gasteiger partial charge < -0.3 is 15.4 Å². The van der Waals surface area contributed by atoms with Gasteiger partial charge >= 0.3 is 0 Å². The van der Waals surface area contributed by atoms with Crippen molar-refractivity contribution in [2.75, 3.05) is 17.9 Å². The molecule has 1 unspecified atom stereocenters. The van der Waals surface area contributed by atoms with Crippen LogP contribution in [0.1, 0.15) is 73.4 Å². The Balaban J connectivity index is 0.00000370. The van der Waals surface area contributed by atoms with Crippen LogP contribution in [0.15, 0.2) is 36.9 Å². The largest absolute Gasteiger partial charge is 0.659 e. The van der Waals surface area contributed by atoms with E-state index in [-0.39, 0.29) is 47.3 Å². The summed E-state index contributed by atoms with van der Waals surface area (Å²) in [6, 6.07) is 3.20. The number of carbonyl (C=O) groups is 1. The molecule has 40 heavy (non-hydrogen) atoms. The molecule has 2 aliphatic carbocycles. The summed E-state index contributed by atoms with van der Waals surface area (Å²) in [7, 11) is -3.42. The van der Waals surface area contributed by atoms with E-state index in [0.29, 0.717) is 66.3 Å². The van der Waals surface area contributed by atoms with Gasteiger partial charge in [0.15, 0.2) is 5.01 Å². The molecule has 3 aromatic heterocycles. The van der Waals surface area contributed by atoms with E-state index in [1.807, 2.05) is 6.92 Å². The Hall–Kier alpha value is -2.11. The number of nitrogens with one attached hydrogen (secondary N) is 2. The minimum Gasteiger partial charge on any atom is -0.659 e. The standard InChI is InChI=1S/C26H32N7O4S2.U/c1-2-37-24-16-27-14-22(31-24)23-15-30-26(38-23)25(34)32-20(10-12-28-17-5-3-4-6-17)21-13-18(9-11-29-21)33-39(35,36)19-7-8-19;/h9,11,13-17,19-20H,2-8,10,12H2,1H3,(H,29,33)(H,32,34);/q-1;. The van der Waals surface area contributed by atoms with E-state index in [1.165, 1.54) is 30.4 Å². The van der Waals surface area contributed by atoms with Crippen molar-refractivity contribution < 1.29 is 49.1 Å². The summed E-state index contributed by atoms with van der Waals surface area (Å²) in [6.07, 6.45) is 12.8. The molecule has 3 heterocycles. The summed E-state index contributed by atoms with van der Waals surface area (Å²) in [5.74, 6) is 0.0561. The molecule has 0 spiro atoms. The molecule has 0 radical (unpaired) electrons. The maximum Gasteiger partial charge on any atom is 0.280 e. The second-order valence-electron chi connectivity index (χ2n) is 9.68. The molecule has 1 atom stereocenters. The summed E-state index contributed by atoms with van der Waals surface area (Å²) in [5.41, 5.74) is 1.57. The Labute approximate surface area is 262 Å². The van der Waals surface area contributed by atoms with Gasteiger partial charge in [-0.25, -0.2) is 18.4 Å². The van der Waals surface area contributed by atoms with Crippen molar-refractivity contribution in [2.45, 2.75) is 69.2 Å². The Morgan fingerprint density at radius 1 is 1.18 bits per heavy atom. The van der Waals surface area contributed by atoms with Crippen LogP contribution in [0.3, 0.4) is 0 Å². The molecule has 2 aliphatic rings. The minimum absolute atomic E-state index is 0. The maximum absolute atomic E-state index is 13.3. The molecule has 14 heteroatoms. The van der Waals surface area contributed by atoms with Gasteiger partial charge in [0, 0.05) is 43.5 Å². The number of carbonyl (C=O) groups excluding carboxylic acids is 1. The number of amides is 1. The third-order valence-electron chi connectivity index (χ3n) is 6.65. The van der Waals surface area contributed by atoms with Gasteiger partial charge in [0.1, 0.15) is 5.69 Å². The molecule has 2 saturated carbocycles. The summed E-state index contributed by atoms with van der Waals surface area (Å²) in [6.45, 7) is 2.91. The fourth-order valence-corrected chi connectivity index (χ4v) is 6.65. The summed E-state index contributed by atoms with van der Waals surface area (Å²) in [5, 5.41) is 7.80. The van der Waals surface area contributed by atoms with Crippen LogP contribution >= 0.6 is 11.3 Å². The van der Waals surface area contributed by atoms with Gasteiger partial charge in [-0.15, -0.1) is 23.9 Å². The molecular formula is C26H32N7O4S2U-. The van der Waals surface area contributed by atoms with E-state index in [2.05, 4.69) is 30.0 Å². The number of rotatable bonds is 13. The van der Waals surface area contributed by atoms with Gasteiger partial charge in [0.25, 0.3) is 5.91 Å². The normalized spacial score (nSPS) is 16.2. The quantitative estimate of drug-likeness (QED) is 0.257. The second-order valence-corrected chi connectivity index (χ2v) is 12.7. The molecule has 2 N–H and O–H groups in total. The number of thiazole rings is 1. The maximum atomic E-state index is 13.3. The van der Waals surface area contributed by atoms with Crippen molar-refractivity contribution in [3.05, 3.63) is 52.9 Å². The average molecular weight is 809 g/mol.